The Hall–Kier alpha value is -1.72. The summed E-state index contributed by atoms with van der Waals surface area (Å²) in [5.74, 6) is 1.36. The van der Waals surface area contributed by atoms with Crippen LogP contribution < -0.4 is 14.8 Å². The Kier molecular flexibility index (Phi) is 4.87. The highest BCUT2D eigenvalue weighted by molar-refractivity contribution is 5.53. The molecule has 20 heavy (non-hydrogen) atoms. The van der Waals surface area contributed by atoms with Gasteiger partial charge in [0.25, 0.3) is 0 Å². The summed E-state index contributed by atoms with van der Waals surface area (Å²) in [7, 11) is 3.19. The van der Waals surface area contributed by atoms with Crippen molar-refractivity contribution in [3.05, 3.63) is 30.4 Å². The van der Waals surface area contributed by atoms with E-state index in [1.165, 1.54) is 0 Å². The molecule has 1 aliphatic rings. The van der Waals surface area contributed by atoms with Gasteiger partial charge in [-0.25, -0.2) is 0 Å². The molecule has 1 atom stereocenters. The van der Waals surface area contributed by atoms with E-state index < -0.39 is 0 Å². The van der Waals surface area contributed by atoms with E-state index in [2.05, 4.69) is 16.8 Å². The molecule has 0 aromatic heterocycles. The minimum atomic E-state index is 0.00241. The van der Waals surface area contributed by atoms with E-state index in [0.29, 0.717) is 11.5 Å². The summed E-state index contributed by atoms with van der Waals surface area (Å²) in [5, 5.41) is 13.1. The van der Waals surface area contributed by atoms with Gasteiger partial charge in [-0.2, -0.15) is 0 Å². The van der Waals surface area contributed by atoms with Gasteiger partial charge in [0, 0.05) is 38.3 Å². The fourth-order valence-corrected chi connectivity index (χ4v) is 2.63. The Bertz CT molecular complexity index is 445. The van der Waals surface area contributed by atoms with Crippen LogP contribution in [0.3, 0.4) is 0 Å². The van der Waals surface area contributed by atoms with E-state index in [-0.39, 0.29) is 11.8 Å². The summed E-state index contributed by atoms with van der Waals surface area (Å²) in [6.07, 6.45) is 1.89. The summed E-state index contributed by atoms with van der Waals surface area (Å²) < 4.78 is 10.8. The van der Waals surface area contributed by atoms with Crippen LogP contribution in [0.4, 0.5) is 0 Å². The first-order valence-corrected chi connectivity index (χ1v) is 6.73. The van der Waals surface area contributed by atoms with E-state index in [1.54, 1.807) is 26.4 Å². The number of rotatable bonds is 5. The maximum absolute atomic E-state index is 9.74. The predicted molar refractivity (Wildman–Crippen MR) is 78.6 cm³/mol. The van der Waals surface area contributed by atoms with E-state index in [9.17, 15) is 5.11 Å². The van der Waals surface area contributed by atoms with E-state index >= 15 is 0 Å². The minimum Gasteiger partial charge on any atom is -0.508 e. The van der Waals surface area contributed by atoms with Gasteiger partial charge in [0.15, 0.2) is 0 Å². The lowest BCUT2D eigenvalue weighted by Crippen LogP contribution is -2.44. The molecule has 0 amide bonds. The van der Waals surface area contributed by atoms with Crippen molar-refractivity contribution in [2.75, 3.05) is 40.4 Å². The molecule has 0 radical (unpaired) electrons. The van der Waals surface area contributed by atoms with E-state index in [1.807, 2.05) is 6.08 Å². The maximum Gasteiger partial charge on any atom is 0.131 e. The molecule has 0 spiro atoms. The number of phenols is 1. The Morgan fingerprint density at radius 2 is 1.80 bits per heavy atom. The monoisotopic (exact) mass is 278 g/mol. The highest BCUT2D eigenvalue weighted by Crippen LogP contribution is 2.40. The van der Waals surface area contributed by atoms with Gasteiger partial charge in [-0.05, 0) is 0 Å². The van der Waals surface area contributed by atoms with Gasteiger partial charge in [0.05, 0.1) is 25.8 Å². The maximum atomic E-state index is 9.74. The van der Waals surface area contributed by atoms with Crippen LogP contribution in [-0.4, -0.2) is 50.4 Å². The number of aromatic hydroxyl groups is 1. The van der Waals surface area contributed by atoms with E-state index in [0.717, 1.165) is 31.7 Å². The van der Waals surface area contributed by atoms with Crippen molar-refractivity contribution in [3.63, 3.8) is 0 Å². The number of hydrogen-bond donors (Lipinski definition) is 2. The molecule has 1 aliphatic heterocycles. The molecule has 1 saturated heterocycles. The van der Waals surface area contributed by atoms with Crippen LogP contribution in [0.15, 0.2) is 24.8 Å². The summed E-state index contributed by atoms with van der Waals surface area (Å²) in [6, 6.07) is 3.22. The number of phenolic OH excluding ortho intramolecular Hbond substituents is 1. The Labute approximate surface area is 119 Å². The Balaban J connectivity index is 2.43. The predicted octanol–water partition coefficient (Wildman–Crippen LogP) is 1.54. The van der Waals surface area contributed by atoms with Crippen molar-refractivity contribution in [2.24, 2.45) is 0 Å². The summed E-state index contributed by atoms with van der Waals surface area (Å²) >= 11 is 0. The Morgan fingerprint density at radius 3 is 2.25 bits per heavy atom. The van der Waals surface area contributed by atoms with Crippen molar-refractivity contribution in [1.29, 1.82) is 0 Å². The summed E-state index contributed by atoms with van der Waals surface area (Å²) in [6.45, 7) is 7.72. The van der Waals surface area contributed by atoms with Gasteiger partial charge >= 0.3 is 0 Å². The number of hydrogen-bond acceptors (Lipinski definition) is 5. The van der Waals surface area contributed by atoms with E-state index in [4.69, 9.17) is 9.47 Å². The van der Waals surface area contributed by atoms with Crippen molar-refractivity contribution in [3.8, 4) is 17.2 Å². The SMILES string of the molecule is C=C[C@H](c1c(OC)cc(O)cc1OC)N1CCNCC1. The van der Waals surface area contributed by atoms with Crippen LogP contribution in [-0.2, 0) is 0 Å². The number of nitrogens with zero attached hydrogens (tertiary/aromatic N) is 1. The average molecular weight is 278 g/mol. The van der Waals surface area contributed by atoms with Crippen molar-refractivity contribution < 1.29 is 14.6 Å². The molecule has 1 heterocycles. The quantitative estimate of drug-likeness (QED) is 0.800. The molecule has 0 unspecified atom stereocenters. The highest BCUT2D eigenvalue weighted by Gasteiger charge is 2.26. The molecule has 5 nitrogen and oxygen atoms in total. The molecule has 0 aliphatic carbocycles. The molecule has 1 aromatic carbocycles. The number of nitrogens with one attached hydrogen (secondary N) is 1. The fraction of sp³-hybridized carbons (Fsp3) is 0.467. The van der Waals surface area contributed by atoms with Crippen LogP contribution >= 0.6 is 0 Å². The van der Waals surface area contributed by atoms with Crippen molar-refractivity contribution in [1.82, 2.24) is 10.2 Å². The second kappa shape index (κ2) is 6.63. The zero-order valence-corrected chi connectivity index (χ0v) is 12.1. The molecule has 1 aromatic rings. The molecule has 0 bridgehead atoms. The van der Waals surface area contributed by atoms with Crippen molar-refractivity contribution >= 4 is 0 Å². The number of methoxy groups -OCH3 is 2. The summed E-state index contributed by atoms with van der Waals surface area (Å²) in [5.41, 5.74) is 0.907. The van der Waals surface area contributed by atoms with Gasteiger partial charge in [0.1, 0.15) is 17.2 Å². The van der Waals surface area contributed by atoms with Gasteiger partial charge in [-0.3, -0.25) is 4.90 Å². The normalized spacial score (nSPS) is 17.5. The van der Waals surface area contributed by atoms with Gasteiger partial charge in [-0.15, -0.1) is 6.58 Å². The topological polar surface area (TPSA) is 54.0 Å². The lowest BCUT2D eigenvalue weighted by molar-refractivity contribution is 0.197. The second-order valence-electron chi connectivity index (χ2n) is 4.73. The van der Waals surface area contributed by atoms with Crippen molar-refractivity contribution in [2.45, 2.75) is 6.04 Å². The number of piperazine rings is 1. The zero-order chi connectivity index (χ0) is 14.5. The van der Waals surface area contributed by atoms with Gasteiger partial charge in [0.2, 0.25) is 0 Å². The Morgan fingerprint density at radius 1 is 1.25 bits per heavy atom. The van der Waals surface area contributed by atoms with Crippen LogP contribution in [0.25, 0.3) is 0 Å². The third kappa shape index (κ3) is 2.89. The van der Waals surface area contributed by atoms with Crippen LogP contribution in [0, 0.1) is 0 Å². The third-order valence-electron chi connectivity index (χ3n) is 3.59. The molecule has 5 heteroatoms. The van der Waals surface area contributed by atoms with Crippen LogP contribution in [0.2, 0.25) is 0 Å². The zero-order valence-electron chi connectivity index (χ0n) is 12.1. The second-order valence-corrected chi connectivity index (χ2v) is 4.73. The van der Waals surface area contributed by atoms with Crippen LogP contribution in [0.1, 0.15) is 11.6 Å². The number of ether oxygens (including phenoxy) is 2. The first kappa shape index (κ1) is 14.7. The van der Waals surface area contributed by atoms with Crippen LogP contribution in [0.5, 0.6) is 17.2 Å². The minimum absolute atomic E-state index is 0.00241. The smallest absolute Gasteiger partial charge is 0.131 e. The fourth-order valence-electron chi connectivity index (χ4n) is 2.63. The average Bonchev–Trinajstić information content (AvgIpc) is 2.49. The largest absolute Gasteiger partial charge is 0.508 e. The molecule has 0 saturated carbocycles. The first-order valence-electron chi connectivity index (χ1n) is 6.73. The molecular formula is C15H22N2O3. The molecule has 2 rings (SSSR count). The van der Waals surface area contributed by atoms with Gasteiger partial charge < -0.3 is 19.9 Å². The lowest BCUT2D eigenvalue weighted by atomic mass is 10.0. The summed E-state index contributed by atoms with van der Waals surface area (Å²) in [4.78, 5) is 2.32. The molecule has 110 valence electrons. The third-order valence-corrected chi connectivity index (χ3v) is 3.59. The molecule has 1 fully saturated rings. The lowest BCUT2D eigenvalue weighted by Gasteiger charge is -2.34. The molecule has 2 N–H and O–H groups in total. The standard InChI is InChI=1S/C15H22N2O3/c1-4-12(17-7-5-16-6-8-17)15-13(19-2)9-11(18)10-14(15)20-3/h4,9-10,12,16,18H,1,5-8H2,2-3H3/t12-/m1/s1. The first-order chi connectivity index (χ1) is 9.71. The van der Waals surface area contributed by atoms with Gasteiger partial charge in [-0.1, -0.05) is 6.08 Å². The molecular weight excluding hydrogens is 256 g/mol. The number of benzene rings is 1. The highest BCUT2D eigenvalue weighted by atomic mass is 16.5.